The molecule has 5 aliphatic rings. The second-order valence-corrected chi connectivity index (χ2v) is 9.74. The molecule has 0 aromatic heterocycles. The summed E-state index contributed by atoms with van der Waals surface area (Å²) < 4.78 is 0. The Bertz CT molecular complexity index is 679. The summed E-state index contributed by atoms with van der Waals surface area (Å²) in [5.74, 6) is -0.368. The standard InChI is InChI=1S/C20H29N3O4/c1-4-19(2,3)21-15(24)11-22-16(25)17(26)23(18(22)27)20-8-12-5-13(9-20)7-14(6-12)10-20/h12-14H,4-11H2,1-3H3,(H,21,24). The maximum absolute atomic E-state index is 13.0. The van der Waals surface area contributed by atoms with E-state index in [1.165, 1.54) is 24.2 Å². The molecule has 0 spiro atoms. The van der Waals surface area contributed by atoms with E-state index in [9.17, 15) is 19.2 Å². The molecule has 5 fully saturated rings. The van der Waals surface area contributed by atoms with Crippen molar-refractivity contribution in [3.63, 3.8) is 0 Å². The maximum Gasteiger partial charge on any atom is 0.335 e. The van der Waals surface area contributed by atoms with Gasteiger partial charge in [0.05, 0.1) is 5.54 Å². The average molecular weight is 375 g/mol. The number of amides is 5. The van der Waals surface area contributed by atoms with Crippen LogP contribution in [0.15, 0.2) is 0 Å². The fourth-order valence-corrected chi connectivity index (χ4v) is 6.05. The van der Waals surface area contributed by atoms with E-state index in [2.05, 4.69) is 5.32 Å². The third kappa shape index (κ3) is 2.95. The molecule has 4 aliphatic carbocycles. The van der Waals surface area contributed by atoms with Gasteiger partial charge < -0.3 is 5.32 Å². The maximum atomic E-state index is 13.0. The molecule has 0 atom stereocenters. The van der Waals surface area contributed by atoms with Crippen molar-refractivity contribution >= 4 is 23.8 Å². The van der Waals surface area contributed by atoms with Gasteiger partial charge in [0.1, 0.15) is 6.54 Å². The molecule has 1 heterocycles. The zero-order valence-electron chi connectivity index (χ0n) is 16.4. The summed E-state index contributed by atoms with van der Waals surface area (Å²) in [6, 6.07) is -0.601. The van der Waals surface area contributed by atoms with Crippen molar-refractivity contribution in [3.05, 3.63) is 0 Å². The van der Waals surface area contributed by atoms with Crippen LogP contribution in [0, 0.1) is 17.8 Å². The third-order valence-corrected chi connectivity index (χ3v) is 7.20. The van der Waals surface area contributed by atoms with Crippen molar-refractivity contribution in [2.24, 2.45) is 17.8 Å². The predicted molar refractivity (Wildman–Crippen MR) is 97.4 cm³/mol. The van der Waals surface area contributed by atoms with E-state index >= 15 is 0 Å². The Kier molecular flexibility index (Phi) is 4.13. The Labute approximate surface area is 159 Å². The number of hydrogen-bond donors (Lipinski definition) is 1. The molecule has 5 amide bonds. The Hall–Kier alpha value is -1.92. The van der Waals surface area contributed by atoms with Crippen molar-refractivity contribution in [2.75, 3.05) is 6.54 Å². The van der Waals surface area contributed by atoms with Crippen molar-refractivity contribution in [1.29, 1.82) is 0 Å². The summed E-state index contributed by atoms with van der Waals surface area (Å²) in [5, 5.41) is 2.82. The fraction of sp³-hybridized carbons (Fsp3) is 0.800. The molecular formula is C20H29N3O4. The molecule has 0 aromatic carbocycles. The van der Waals surface area contributed by atoms with E-state index in [-0.39, 0.29) is 0 Å². The second-order valence-electron chi connectivity index (χ2n) is 9.74. The van der Waals surface area contributed by atoms with Gasteiger partial charge in [-0.15, -0.1) is 0 Å². The van der Waals surface area contributed by atoms with Crippen LogP contribution in [-0.2, 0) is 14.4 Å². The van der Waals surface area contributed by atoms with Gasteiger partial charge in [-0.2, -0.15) is 0 Å². The minimum absolute atomic E-state index is 0.393. The summed E-state index contributed by atoms with van der Waals surface area (Å²) >= 11 is 0. The normalized spacial score (nSPS) is 35.4. The minimum Gasteiger partial charge on any atom is -0.350 e. The lowest BCUT2D eigenvalue weighted by Gasteiger charge is -2.58. The zero-order valence-corrected chi connectivity index (χ0v) is 16.4. The molecule has 1 N–H and O–H groups in total. The zero-order chi connectivity index (χ0) is 19.6. The van der Waals surface area contributed by atoms with Gasteiger partial charge in [0, 0.05) is 5.54 Å². The number of carbonyl (C=O) groups excluding carboxylic acids is 4. The molecule has 0 aromatic rings. The molecule has 0 radical (unpaired) electrons. The van der Waals surface area contributed by atoms with E-state index in [1.807, 2.05) is 20.8 Å². The first-order chi connectivity index (χ1) is 12.6. The average Bonchev–Trinajstić information content (AvgIpc) is 2.77. The topological polar surface area (TPSA) is 86.8 Å². The third-order valence-electron chi connectivity index (χ3n) is 7.20. The molecule has 4 saturated carbocycles. The van der Waals surface area contributed by atoms with Crippen LogP contribution < -0.4 is 5.32 Å². The van der Waals surface area contributed by atoms with Crippen molar-refractivity contribution < 1.29 is 19.2 Å². The summed E-state index contributed by atoms with van der Waals surface area (Å²) in [4.78, 5) is 52.7. The Morgan fingerprint density at radius 1 is 1.04 bits per heavy atom. The molecule has 27 heavy (non-hydrogen) atoms. The first-order valence-corrected chi connectivity index (χ1v) is 10.1. The van der Waals surface area contributed by atoms with E-state index in [1.54, 1.807) is 0 Å². The number of nitrogens with one attached hydrogen (secondary N) is 1. The number of urea groups is 1. The van der Waals surface area contributed by atoms with Crippen molar-refractivity contribution in [1.82, 2.24) is 15.1 Å². The van der Waals surface area contributed by atoms with Crippen molar-refractivity contribution in [3.8, 4) is 0 Å². The SMILES string of the molecule is CCC(C)(C)NC(=O)CN1C(=O)C(=O)N(C23CC4CC(CC(C4)C2)C3)C1=O. The predicted octanol–water partition coefficient (Wildman–Crippen LogP) is 2.05. The molecule has 148 valence electrons. The summed E-state index contributed by atoms with van der Waals surface area (Å²) in [5.41, 5.74) is -0.932. The molecule has 0 unspecified atom stereocenters. The van der Waals surface area contributed by atoms with Gasteiger partial charge in [0.2, 0.25) is 5.91 Å². The molecular weight excluding hydrogens is 346 g/mol. The van der Waals surface area contributed by atoms with E-state index in [0.29, 0.717) is 17.8 Å². The van der Waals surface area contributed by atoms with Crippen LogP contribution in [0.5, 0.6) is 0 Å². The molecule has 1 saturated heterocycles. The highest BCUT2D eigenvalue weighted by Gasteiger charge is 2.61. The highest BCUT2D eigenvalue weighted by atomic mass is 16.2. The van der Waals surface area contributed by atoms with Gasteiger partial charge in [0.15, 0.2) is 0 Å². The summed E-state index contributed by atoms with van der Waals surface area (Å²) in [6.07, 6.45) is 6.70. The smallest absolute Gasteiger partial charge is 0.335 e. The lowest BCUT2D eigenvalue weighted by Crippen LogP contribution is -2.62. The second kappa shape index (κ2) is 6.04. The van der Waals surface area contributed by atoms with Gasteiger partial charge in [-0.05, 0) is 76.5 Å². The van der Waals surface area contributed by atoms with Crippen LogP contribution in [0.3, 0.4) is 0 Å². The van der Waals surface area contributed by atoms with Crippen LogP contribution in [0.25, 0.3) is 0 Å². The summed E-state index contributed by atoms with van der Waals surface area (Å²) in [7, 11) is 0. The monoisotopic (exact) mass is 375 g/mol. The molecule has 5 rings (SSSR count). The quantitative estimate of drug-likeness (QED) is 0.588. The van der Waals surface area contributed by atoms with Crippen LogP contribution in [-0.4, -0.2) is 51.2 Å². The first kappa shape index (κ1) is 18.4. The van der Waals surface area contributed by atoms with Gasteiger partial charge in [-0.25, -0.2) is 14.6 Å². The lowest BCUT2D eigenvalue weighted by molar-refractivity contribution is -0.150. The number of hydrogen-bond acceptors (Lipinski definition) is 4. The van der Waals surface area contributed by atoms with Gasteiger partial charge in [-0.1, -0.05) is 6.92 Å². The number of rotatable bonds is 5. The Balaban J connectivity index is 1.53. The first-order valence-electron chi connectivity index (χ1n) is 10.1. The van der Waals surface area contributed by atoms with Crippen molar-refractivity contribution in [2.45, 2.75) is 76.8 Å². The number of imide groups is 2. The van der Waals surface area contributed by atoms with Gasteiger partial charge >= 0.3 is 17.8 Å². The largest absolute Gasteiger partial charge is 0.350 e. The van der Waals surface area contributed by atoms with Crippen LogP contribution in [0.4, 0.5) is 4.79 Å². The fourth-order valence-electron chi connectivity index (χ4n) is 6.05. The molecule has 7 heteroatoms. The highest BCUT2D eigenvalue weighted by Crippen LogP contribution is 2.58. The van der Waals surface area contributed by atoms with Crippen LogP contribution >= 0.6 is 0 Å². The van der Waals surface area contributed by atoms with Crippen LogP contribution in [0.2, 0.25) is 0 Å². The number of nitrogens with zero attached hydrogens (tertiary/aromatic N) is 2. The van der Waals surface area contributed by atoms with Gasteiger partial charge in [-0.3, -0.25) is 14.4 Å². The Morgan fingerprint density at radius 3 is 2.04 bits per heavy atom. The van der Waals surface area contributed by atoms with Crippen LogP contribution in [0.1, 0.15) is 65.7 Å². The molecule has 7 nitrogen and oxygen atoms in total. The van der Waals surface area contributed by atoms with E-state index in [0.717, 1.165) is 30.6 Å². The molecule has 1 aliphatic heterocycles. The van der Waals surface area contributed by atoms with E-state index in [4.69, 9.17) is 0 Å². The number of carbonyl (C=O) groups is 4. The van der Waals surface area contributed by atoms with Gasteiger partial charge in [0.25, 0.3) is 0 Å². The Morgan fingerprint density at radius 2 is 1.56 bits per heavy atom. The molecule has 4 bridgehead atoms. The highest BCUT2D eigenvalue weighted by molar-refractivity contribution is 6.45. The lowest BCUT2D eigenvalue weighted by atomic mass is 9.52. The summed E-state index contributed by atoms with van der Waals surface area (Å²) in [6.45, 7) is 5.32. The van der Waals surface area contributed by atoms with E-state index < -0.39 is 41.4 Å². The minimum atomic E-state index is -0.861.